The van der Waals surface area contributed by atoms with E-state index in [1.165, 1.54) is 5.57 Å². The first-order valence-electron chi connectivity index (χ1n) is 3.92. The fourth-order valence-corrected chi connectivity index (χ4v) is 1.01. The van der Waals surface area contributed by atoms with Crippen LogP contribution in [0.15, 0.2) is 60.8 Å². The third-order valence-electron chi connectivity index (χ3n) is 1.57. The monoisotopic (exact) mass is 160 g/mol. The average molecular weight is 160 g/mol. The Morgan fingerprint density at radius 1 is 1.00 bits per heavy atom. The maximum absolute atomic E-state index is 3.75. The van der Waals surface area contributed by atoms with Gasteiger partial charge in [-0.2, -0.15) is 0 Å². The van der Waals surface area contributed by atoms with Gasteiger partial charge in [-0.05, 0) is 25.0 Å². The Bertz CT molecular complexity index is 245. The van der Waals surface area contributed by atoms with Crippen LogP contribution in [0.3, 0.4) is 0 Å². The molecule has 0 bridgehead atoms. The smallest absolute Gasteiger partial charge is 0.0191 e. The Balaban J connectivity index is 5.08. The molecule has 0 unspecified atom stereocenters. The summed E-state index contributed by atoms with van der Waals surface area (Å²) in [4.78, 5) is 0. The van der Waals surface area contributed by atoms with E-state index in [9.17, 15) is 0 Å². The fourth-order valence-electron chi connectivity index (χ4n) is 1.01. The van der Waals surface area contributed by atoms with Crippen molar-refractivity contribution in [3.63, 3.8) is 0 Å². The van der Waals surface area contributed by atoms with Gasteiger partial charge in [-0.3, -0.25) is 0 Å². The Hall–Kier alpha value is -1.30. The molecule has 64 valence electrons. The second kappa shape index (κ2) is 5.36. The largest absolute Gasteiger partial charge is 0.0990 e. The van der Waals surface area contributed by atoms with Crippen molar-refractivity contribution in [2.75, 3.05) is 0 Å². The summed E-state index contributed by atoms with van der Waals surface area (Å²) in [5, 5.41) is 0. The van der Waals surface area contributed by atoms with Crippen LogP contribution in [0.1, 0.15) is 13.8 Å². The zero-order valence-corrected chi connectivity index (χ0v) is 7.93. The highest BCUT2D eigenvalue weighted by Crippen LogP contribution is 2.16. The first-order valence-corrected chi connectivity index (χ1v) is 3.92. The molecule has 0 aliphatic carbocycles. The minimum Gasteiger partial charge on any atom is -0.0990 e. The van der Waals surface area contributed by atoms with Crippen LogP contribution in [0.2, 0.25) is 0 Å². The topological polar surface area (TPSA) is 0 Å². The molecule has 0 rings (SSSR count). The second-order valence-electron chi connectivity index (χ2n) is 2.68. The van der Waals surface area contributed by atoms with Crippen LogP contribution in [0, 0.1) is 0 Å². The number of hydrogen-bond acceptors (Lipinski definition) is 0. The van der Waals surface area contributed by atoms with Gasteiger partial charge in [0.1, 0.15) is 0 Å². The van der Waals surface area contributed by atoms with Crippen molar-refractivity contribution < 1.29 is 0 Å². The van der Waals surface area contributed by atoms with Gasteiger partial charge >= 0.3 is 0 Å². The highest BCUT2D eigenvalue weighted by molar-refractivity contribution is 5.48. The number of rotatable bonds is 4. The molecule has 0 N–H and O–H groups in total. The van der Waals surface area contributed by atoms with Crippen molar-refractivity contribution in [2.24, 2.45) is 0 Å². The predicted octanol–water partition coefficient (Wildman–Crippen LogP) is 3.81. The van der Waals surface area contributed by atoms with Crippen LogP contribution in [-0.4, -0.2) is 0 Å². The molecule has 0 aromatic heterocycles. The minimum atomic E-state index is 1.07. The van der Waals surface area contributed by atoms with Gasteiger partial charge in [0.05, 0.1) is 0 Å². The zero-order valence-electron chi connectivity index (χ0n) is 7.93. The molecule has 0 saturated carbocycles. The molecule has 0 heteroatoms. The normalized spacial score (nSPS) is 10.3. The van der Waals surface area contributed by atoms with Crippen LogP contribution < -0.4 is 0 Å². The fraction of sp³-hybridized carbons (Fsp3) is 0.167. The molecule has 0 heterocycles. The molecular formula is C12H16. The standard InChI is InChI=1S/C12H16/c1-6-9-11(7-2)12(8-3)10(4)5/h6-9H,1-3H2,4-5H3/b11-9-. The Kier molecular flexibility index (Phi) is 4.78. The van der Waals surface area contributed by atoms with E-state index in [1.54, 1.807) is 6.08 Å². The molecule has 0 saturated heterocycles. The second-order valence-corrected chi connectivity index (χ2v) is 2.68. The summed E-state index contributed by atoms with van der Waals surface area (Å²) in [5.74, 6) is 0. The van der Waals surface area contributed by atoms with E-state index in [-0.39, 0.29) is 0 Å². The summed E-state index contributed by atoms with van der Waals surface area (Å²) in [7, 11) is 0. The maximum atomic E-state index is 3.75. The Morgan fingerprint density at radius 2 is 1.58 bits per heavy atom. The molecule has 0 aromatic rings. The van der Waals surface area contributed by atoms with Crippen molar-refractivity contribution >= 4 is 0 Å². The van der Waals surface area contributed by atoms with E-state index < -0.39 is 0 Å². The van der Waals surface area contributed by atoms with Crippen LogP contribution in [0.25, 0.3) is 0 Å². The molecule has 12 heavy (non-hydrogen) atoms. The van der Waals surface area contributed by atoms with E-state index in [1.807, 2.05) is 18.2 Å². The highest BCUT2D eigenvalue weighted by atomic mass is 14.0. The maximum Gasteiger partial charge on any atom is -0.0191 e. The lowest BCUT2D eigenvalue weighted by molar-refractivity contribution is 1.32. The van der Waals surface area contributed by atoms with Crippen LogP contribution in [0.4, 0.5) is 0 Å². The third kappa shape index (κ3) is 2.75. The van der Waals surface area contributed by atoms with Crippen molar-refractivity contribution in [3.8, 4) is 0 Å². The van der Waals surface area contributed by atoms with E-state index in [0.717, 1.165) is 11.1 Å². The van der Waals surface area contributed by atoms with Gasteiger partial charge in [-0.1, -0.05) is 49.6 Å². The molecule has 0 amide bonds. The zero-order chi connectivity index (χ0) is 9.56. The van der Waals surface area contributed by atoms with Crippen molar-refractivity contribution in [2.45, 2.75) is 13.8 Å². The third-order valence-corrected chi connectivity index (χ3v) is 1.57. The Labute approximate surface area is 75.3 Å². The quantitative estimate of drug-likeness (QED) is 0.549. The first kappa shape index (κ1) is 10.7. The van der Waals surface area contributed by atoms with Crippen molar-refractivity contribution in [3.05, 3.63) is 60.8 Å². The molecular weight excluding hydrogens is 144 g/mol. The first-order chi connectivity index (χ1) is 5.67. The van der Waals surface area contributed by atoms with Gasteiger partial charge in [0.15, 0.2) is 0 Å². The summed E-state index contributed by atoms with van der Waals surface area (Å²) in [6, 6.07) is 0. The average Bonchev–Trinajstić information content (AvgIpc) is 2.03. The molecule has 0 aliphatic heterocycles. The van der Waals surface area contributed by atoms with Gasteiger partial charge < -0.3 is 0 Å². The van der Waals surface area contributed by atoms with Crippen molar-refractivity contribution in [1.29, 1.82) is 0 Å². The molecule has 0 atom stereocenters. The van der Waals surface area contributed by atoms with Gasteiger partial charge in [-0.25, -0.2) is 0 Å². The number of allylic oxidation sites excluding steroid dienone is 7. The summed E-state index contributed by atoms with van der Waals surface area (Å²) >= 11 is 0. The SMILES string of the molecule is C=C/C=C(/C=C)C(C=C)=C(C)C. The molecule has 0 fully saturated rings. The van der Waals surface area contributed by atoms with Crippen molar-refractivity contribution in [1.82, 2.24) is 0 Å². The molecule has 0 spiro atoms. The van der Waals surface area contributed by atoms with Gasteiger partial charge in [0.25, 0.3) is 0 Å². The molecule has 0 nitrogen and oxygen atoms in total. The van der Waals surface area contributed by atoms with Gasteiger partial charge in [0.2, 0.25) is 0 Å². The molecule has 0 radical (unpaired) electrons. The predicted molar refractivity (Wildman–Crippen MR) is 57.0 cm³/mol. The van der Waals surface area contributed by atoms with Crippen LogP contribution in [-0.2, 0) is 0 Å². The summed E-state index contributed by atoms with van der Waals surface area (Å²) in [6.45, 7) is 15.2. The van der Waals surface area contributed by atoms with Crippen LogP contribution in [0.5, 0.6) is 0 Å². The van der Waals surface area contributed by atoms with Gasteiger partial charge in [0, 0.05) is 0 Å². The molecule has 0 aliphatic rings. The van der Waals surface area contributed by atoms with E-state index in [4.69, 9.17) is 0 Å². The minimum absolute atomic E-state index is 1.07. The van der Waals surface area contributed by atoms with Gasteiger partial charge in [-0.15, -0.1) is 0 Å². The van der Waals surface area contributed by atoms with E-state index in [0.29, 0.717) is 0 Å². The lowest BCUT2D eigenvalue weighted by atomic mass is 10.0. The van der Waals surface area contributed by atoms with Crippen LogP contribution >= 0.6 is 0 Å². The molecule has 0 aromatic carbocycles. The number of hydrogen-bond donors (Lipinski definition) is 0. The lowest BCUT2D eigenvalue weighted by Gasteiger charge is -2.04. The highest BCUT2D eigenvalue weighted by Gasteiger charge is 1.97. The lowest BCUT2D eigenvalue weighted by Crippen LogP contribution is -1.84. The summed E-state index contributed by atoms with van der Waals surface area (Å²) < 4.78 is 0. The van der Waals surface area contributed by atoms with E-state index in [2.05, 4.69) is 33.6 Å². The Morgan fingerprint density at radius 3 is 1.83 bits per heavy atom. The summed E-state index contributed by atoms with van der Waals surface area (Å²) in [5.41, 5.74) is 3.43. The van der Waals surface area contributed by atoms with E-state index >= 15 is 0 Å². The summed E-state index contributed by atoms with van der Waals surface area (Å²) in [6.07, 6.45) is 7.33.